The van der Waals surface area contributed by atoms with Crippen LogP contribution in [0.4, 0.5) is 0 Å². The first kappa shape index (κ1) is 23.6. The van der Waals surface area contributed by atoms with Gasteiger partial charge in [-0.25, -0.2) is 9.78 Å². The Morgan fingerprint density at radius 3 is 2.50 bits per heavy atom. The van der Waals surface area contributed by atoms with Crippen molar-refractivity contribution in [3.8, 4) is 0 Å². The Balaban J connectivity index is 2.77. The predicted octanol–water partition coefficient (Wildman–Crippen LogP) is -0.491. The summed E-state index contributed by atoms with van der Waals surface area (Å²) in [4.78, 5) is 43.3. The van der Waals surface area contributed by atoms with E-state index in [-0.39, 0.29) is 12.3 Å². The third kappa shape index (κ3) is 7.65. The van der Waals surface area contributed by atoms with Gasteiger partial charge in [-0.2, -0.15) is 0 Å². The van der Waals surface area contributed by atoms with Crippen molar-refractivity contribution in [3.63, 3.8) is 0 Å². The van der Waals surface area contributed by atoms with E-state index in [1.165, 1.54) is 6.33 Å². The monoisotopic (exact) mass is 396 g/mol. The molecule has 0 radical (unpaired) electrons. The lowest BCUT2D eigenvalue weighted by Crippen LogP contribution is -2.55. The number of rotatable bonds is 13. The molecule has 10 heteroatoms. The van der Waals surface area contributed by atoms with Gasteiger partial charge in [-0.15, -0.1) is 0 Å². The number of carbonyl (C=O) groups is 3. The van der Waals surface area contributed by atoms with Crippen LogP contribution in [-0.4, -0.2) is 57.5 Å². The Morgan fingerprint density at radius 1 is 1.25 bits per heavy atom. The molecule has 0 aliphatic heterocycles. The maximum Gasteiger partial charge on any atom is 0.326 e. The molecule has 0 saturated carbocycles. The van der Waals surface area contributed by atoms with Gasteiger partial charge in [0, 0.05) is 18.3 Å². The number of aliphatic carboxylic acids is 1. The van der Waals surface area contributed by atoms with Gasteiger partial charge in [0.15, 0.2) is 0 Å². The van der Waals surface area contributed by atoms with Gasteiger partial charge in [-0.1, -0.05) is 20.3 Å². The summed E-state index contributed by atoms with van der Waals surface area (Å²) in [5.74, 6) is -2.38. The molecule has 2 amide bonds. The lowest BCUT2D eigenvalue weighted by Gasteiger charge is -2.25. The molecule has 1 aromatic heterocycles. The molecule has 0 aliphatic rings. The molecule has 28 heavy (non-hydrogen) atoms. The summed E-state index contributed by atoms with van der Waals surface area (Å²) < 4.78 is 0. The molecule has 0 fully saturated rings. The molecule has 4 unspecified atom stereocenters. The Bertz CT molecular complexity index is 622. The van der Waals surface area contributed by atoms with Crippen molar-refractivity contribution < 1.29 is 19.5 Å². The summed E-state index contributed by atoms with van der Waals surface area (Å²) in [7, 11) is 0. The number of amides is 2. The number of aromatic amines is 1. The van der Waals surface area contributed by atoms with E-state index in [0.29, 0.717) is 37.9 Å². The van der Waals surface area contributed by atoms with Crippen LogP contribution >= 0.6 is 0 Å². The molecule has 4 atom stereocenters. The minimum atomic E-state index is -1.11. The Morgan fingerprint density at radius 2 is 1.96 bits per heavy atom. The standard InChI is InChI=1S/C18H32N6O4/c1-3-11(2)15(18(27)28)24-17(26)14(6-4-5-7-19)23-16(25)13(20)8-12-9-21-10-22-12/h9-11,13-15H,3-8,19-20H2,1-2H3,(H,21,22)(H,23,25)(H,24,26)(H,27,28). The molecule has 1 aromatic rings. The fraction of sp³-hybridized carbons (Fsp3) is 0.667. The minimum absolute atomic E-state index is 0.244. The molecule has 0 saturated heterocycles. The van der Waals surface area contributed by atoms with E-state index < -0.39 is 35.9 Å². The average Bonchev–Trinajstić information content (AvgIpc) is 3.17. The summed E-state index contributed by atoms with van der Waals surface area (Å²) in [5, 5.41) is 14.6. The van der Waals surface area contributed by atoms with Crippen LogP contribution in [0.3, 0.4) is 0 Å². The molecular formula is C18H32N6O4. The highest BCUT2D eigenvalue weighted by Gasteiger charge is 2.30. The number of aromatic nitrogens is 2. The van der Waals surface area contributed by atoms with Gasteiger partial charge < -0.3 is 32.2 Å². The number of carboxylic acid groups (broad SMARTS) is 1. The zero-order valence-corrected chi connectivity index (χ0v) is 16.5. The molecule has 158 valence electrons. The number of H-pyrrole nitrogens is 1. The highest BCUT2D eigenvalue weighted by molar-refractivity contribution is 5.91. The van der Waals surface area contributed by atoms with Gasteiger partial charge in [0.05, 0.1) is 12.4 Å². The van der Waals surface area contributed by atoms with Gasteiger partial charge in [0.2, 0.25) is 11.8 Å². The lowest BCUT2D eigenvalue weighted by molar-refractivity contribution is -0.143. The first-order valence-corrected chi connectivity index (χ1v) is 9.56. The van der Waals surface area contributed by atoms with Crippen molar-refractivity contribution in [2.45, 2.75) is 64.1 Å². The third-order valence-corrected chi connectivity index (χ3v) is 4.69. The van der Waals surface area contributed by atoms with Crippen molar-refractivity contribution in [1.82, 2.24) is 20.6 Å². The highest BCUT2D eigenvalue weighted by atomic mass is 16.4. The molecule has 0 aliphatic carbocycles. The smallest absolute Gasteiger partial charge is 0.326 e. The SMILES string of the molecule is CCC(C)C(NC(=O)C(CCCCN)NC(=O)C(N)Cc1cnc[nH]1)C(=O)O. The minimum Gasteiger partial charge on any atom is -0.480 e. The van der Waals surface area contributed by atoms with Gasteiger partial charge >= 0.3 is 5.97 Å². The zero-order chi connectivity index (χ0) is 21.1. The molecule has 10 nitrogen and oxygen atoms in total. The number of hydrogen-bond donors (Lipinski definition) is 6. The molecule has 0 spiro atoms. The fourth-order valence-electron chi connectivity index (χ4n) is 2.70. The van der Waals surface area contributed by atoms with Gasteiger partial charge in [0.25, 0.3) is 0 Å². The van der Waals surface area contributed by atoms with Crippen LogP contribution in [0.15, 0.2) is 12.5 Å². The van der Waals surface area contributed by atoms with E-state index in [9.17, 15) is 19.5 Å². The topological polar surface area (TPSA) is 176 Å². The number of unbranched alkanes of at least 4 members (excludes halogenated alkanes) is 1. The van der Waals surface area contributed by atoms with Crippen molar-refractivity contribution in [2.75, 3.05) is 6.54 Å². The van der Waals surface area contributed by atoms with Crippen molar-refractivity contribution >= 4 is 17.8 Å². The second kappa shape index (κ2) is 12.1. The molecule has 1 heterocycles. The number of nitrogens with two attached hydrogens (primary N) is 2. The fourth-order valence-corrected chi connectivity index (χ4v) is 2.70. The van der Waals surface area contributed by atoms with Crippen molar-refractivity contribution in [3.05, 3.63) is 18.2 Å². The van der Waals surface area contributed by atoms with Crippen LogP contribution < -0.4 is 22.1 Å². The number of imidazole rings is 1. The average molecular weight is 396 g/mol. The van der Waals surface area contributed by atoms with Crippen LogP contribution in [0.5, 0.6) is 0 Å². The number of carbonyl (C=O) groups excluding carboxylic acids is 2. The van der Waals surface area contributed by atoms with Crippen LogP contribution in [0, 0.1) is 5.92 Å². The Kier molecular flexibility index (Phi) is 10.2. The first-order chi connectivity index (χ1) is 13.3. The Labute approximate surface area is 164 Å². The molecule has 1 rings (SSSR count). The van der Waals surface area contributed by atoms with Gasteiger partial charge in [-0.05, 0) is 31.7 Å². The van der Waals surface area contributed by atoms with Crippen molar-refractivity contribution in [1.29, 1.82) is 0 Å². The summed E-state index contributed by atoms with van der Waals surface area (Å²) in [5.41, 5.74) is 12.1. The quantitative estimate of drug-likeness (QED) is 0.244. The maximum atomic E-state index is 12.7. The highest BCUT2D eigenvalue weighted by Crippen LogP contribution is 2.10. The van der Waals surface area contributed by atoms with E-state index in [2.05, 4.69) is 20.6 Å². The molecule has 0 bridgehead atoms. The summed E-state index contributed by atoms with van der Waals surface area (Å²) in [6.07, 6.45) is 5.55. The maximum absolute atomic E-state index is 12.7. The van der Waals surface area contributed by atoms with E-state index in [1.54, 1.807) is 13.1 Å². The molecule has 8 N–H and O–H groups in total. The van der Waals surface area contributed by atoms with Crippen LogP contribution in [0.2, 0.25) is 0 Å². The predicted molar refractivity (Wildman–Crippen MR) is 104 cm³/mol. The third-order valence-electron chi connectivity index (χ3n) is 4.69. The zero-order valence-electron chi connectivity index (χ0n) is 16.5. The van der Waals surface area contributed by atoms with Gasteiger partial charge in [0.1, 0.15) is 12.1 Å². The van der Waals surface area contributed by atoms with Gasteiger partial charge in [-0.3, -0.25) is 9.59 Å². The van der Waals surface area contributed by atoms with Crippen LogP contribution in [-0.2, 0) is 20.8 Å². The largest absolute Gasteiger partial charge is 0.480 e. The molecular weight excluding hydrogens is 364 g/mol. The summed E-state index contributed by atoms with van der Waals surface area (Å²) in [6.45, 7) is 4.06. The number of nitrogens with one attached hydrogen (secondary N) is 3. The second-order valence-electron chi connectivity index (χ2n) is 6.94. The molecule has 0 aromatic carbocycles. The summed E-state index contributed by atoms with van der Waals surface area (Å²) >= 11 is 0. The summed E-state index contributed by atoms with van der Waals surface area (Å²) in [6, 6.07) is -2.77. The van der Waals surface area contributed by atoms with E-state index in [0.717, 1.165) is 0 Å². The Hall–Kier alpha value is -2.46. The first-order valence-electron chi connectivity index (χ1n) is 9.56. The number of hydrogen-bond acceptors (Lipinski definition) is 6. The van der Waals surface area contributed by atoms with Crippen LogP contribution in [0.1, 0.15) is 45.2 Å². The number of carboxylic acids is 1. The van der Waals surface area contributed by atoms with Crippen LogP contribution in [0.25, 0.3) is 0 Å². The lowest BCUT2D eigenvalue weighted by atomic mass is 9.98. The van der Waals surface area contributed by atoms with Crippen molar-refractivity contribution in [2.24, 2.45) is 17.4 Å². The second-order valence-corrected chi connectivity index (χ2v) is 6.94. The van der Waals surface area contributed by atoms with E-state index in [4.69, 9.17) is 11.5 Å². The van der Waals surface area contributed by atoms with E-state index in [1.807, 2.05) is 6.92 Å². The normalized spacial score (nSPS) is 15.3. The number of nitrogens with zero attached hydrogens (tertiary/aromatic N) is 1. The van der Waals surface area contributed by atoms with E-state index >= 15 is 0 Å².